The van der Waals surface area contributed by atoms with Gasteiger partial charge in [-0.3, -0.25) is 14.4 Å². The molecule has 0 bridgehead atoms. The molecule has 2 aromatic rings. The predicted molar refractivity (Wildman–Crippen MR) is 94.0 cm³/mol. The van der Waals surface area contributed by atoms with Crippen molar-refractivity contribution >= 4 is 29.5 Å². The number of ether oxygens (including phenoxy) is 1. The van der Waals surface area contributed by atoms with Gasteiger partial charge in [0.25, 0.3) is 5.91 Å². The van der Waals surface area contributed by atoms with Crippen molar-refractivity contribution in [3.63, 3.8) is 0 Å². The number of benzene rings is 2. The van der Waals surface area contributed by atoms with E-state index in [0.717, 1.165) is 0 Å². The van der Waals surface area contributed by atoms with E-state index < -0.39 is 0 Å². The first-order valence-corrected chi connectivity index (χ1v) is 7.98. The molecule has 2 amide bonds. The molecule has 0 saturated heterocycles. The Labute approximate surface area is 145 Å². The summed E-state index contributed by atoms with van der Waals surface area (Å²) in [6, 6.07) is 13.6. The summed E-state index contributed by atoms with van der Waals surface area (Å²) in [5, 5.41) is 2.81. The van der Waals surface area contributed by atoms with Gasteiger partial charge in [0.15, 0.2) is 12.9 Å². The van der Waals surface area contributed by atoms with Crippen LogP contribution in [0.1, 0.15) is 23.7 Å². The summed E-state index contributed by atoms with van der Waals surface area (Å²) in [4.78, 5) is 37.4. The third kappa shape index (κ3) is 3.52. The first-order valence-electron chi connectivity index (χ1n) is 7.98. The van der Waals surface area contributed by atoms with Gasteiger partial charge >= 0.3 is 0 Å². The van der Waals surface area contributed by atoms with Crippen molar-refractivity contribution in [2.45, 2.75) is 19.4 Å². The Hall–Kier alpha value is -3.15. The average Bonchev–Trinajstić information content (AvgIpc) is 2.74. The van der Waals surface area contributed by atoms with E-state index in [4.69, 9.17) is 4.74 Å². The van der Waals surface area contributed by atoms with Gasteiger partial charge in [-0.2, -0.15) is 0 Å². The Morgan fingerprint density at radius 1 is 1.24 bits per heavy atom. The number of hydrogen-bond acceptors (Lipinski definition) is 4. The molecule has 1 heterocycles. The molecule has 1 atom stereocenters. The molecular weight excluding hydrogens is 320 g/mol. The molecule has 1 aliphatic rings. The van der Waals surface area contributed by atoms with E-state index in [-0.39, 0.29) is 30.9 Å². The number of anilines is 2. The molecule has 0 fully saturated rings. The molecule has 6 heteroatoms. The topological polar surface area (TPSA) is 75.7 Å². The van der Waals surface area contributed by atoms with Crippen molar-refractivity contribution in [3.8, 4) is 5.75 Å². The van der Waals surface area contributed by atoms with Crippen molar-refractivity contribution in [2.75, 3.05) is 16.8 Å². The maximum Gasteiger partial charge on any atom is 0.265 e. The van der Waals surface area contributed by atoms with E-state index in [1.165, 1.54) is 0 Å². The van der Waals surface area contributed by atoms with Gasteiger partial charge in [-0.05, 0) is 31.2 Å². The number of para-hydroxylation sites is 3. The number of nitrogens with one attached hydrogen (secondary N) is 1. The number of carbonyl (C=O) groups excluding carboxylic acids is 3. The summed E-state index contributed by atoms with van der Waals surface area (Å²) in [7, 11) is 0. The maximum atomic E-state index is 12.8. The minimum Gasteiger partial charge on any atom is -0.483 e. The van der Waals surface area contributed by atoms with E-state index in [1.54, 1.807) is 47.4 Å². The molecule has 0 radical (unpaired) electrons. The molecule has 128 valence electrons. The van der Waals surface area contributed by atoms with Crippen molar-refractivity contribution in [1.29, 1.82) is 0 Å². The van der Waals surface area contributed by atoms with Crippen LogP contribution in [0, 0.1) is 0 Å². The largest absolute Gasteiger partial charge is 0.483 e. The van der Waals surface area contributed by atoms with Crippen LogP contribution in [-0.4, -0.2) is 30.7 Å². The summed E-state index contributed by atoms with van der Waals surface area (Å²) < 4.78 is 5.55. The Morgan fingerprint density at radius 2 is 1.96 bits per heavy atom. The molecule has 2 aromatic carbocycles. The molecule has 0 aliphatic carbocycles. The lowest BCUT2D eigenvalue weighted by molar-refractivity contribution is -0.121. The van der Waals surface area contributed by atoms with Gasteiger partial charge in [-0.15, -0.1) is 0 Å². The van der Waals surface area contributed by atoms with Crippen LogP contribution in [0.4, 0.5) is 11.4 Å². The number of rotatable bonds is 4. The molecule has 0 saturated carbocycles. The van der Waals surface area contributed by atoms with Gasteiger partial charge < -0.3 is 15.0 Å². The molecule has 6 nitrogen and oxygen atoms in total. The number of aldehydes is 1. The van der Waals surface area contributed by atoms with Gasteiger partial charge in [0, 0.05) is 12.5 Å². The highest BCUT2D eigenvalue weighted by Crippen LogP contribution is 2.31. The summed E-state index contributed by atoms with van der Waals surface area (Å²) in [5.74, 6) is -0.0598. The first kappa shape index (κ1) is 16.7. The Kier molecular flexibility index (Phi) is 4.79. The molecule has 0 spiro atoms. The van der Waals surface area contributed by atoms with E-state index in [2.05, 4.69) is 5.32 Å². The van der Waals surface area contributed by atoms with E-state index in [0.29, 0.717) is 29.0 Å². The third-order valence-electron chi connectivity index (χ3n) is 4.03. The zero-order valence-electron chi connectivity index (χ0n) is 13.8. The van der Waals surface area contributed by atoms with Gasteiger partial charge in [-0.25, -0.2) is 0 Å². The van der Waals surface area contributed by atoms with Crippen LogP contribution in [0.2, 0.25) is 0 Å². The van der Waals surface area contributed by atoms with Crippen molar-refractivity contribution in [3.05, 3.63) is 54.1 Å². The zero-order valence-corrected chi connectivity index (χ0v) is 13.8. The number of nitrogens with zero attached hydrogens (tertiary/aromatic N) is 1. The highest BCUT2D eigenvalue weighted by Gasteiger charge is 2.29. The van der Waals surface area contributed by atoms with Crippen LogP contribution < -0.4 is 15.0 Å². The summed E-state index contributed by atoms with van der Waals surface area (Å²) in [6.45, 7) is 1.59. The molecular formula is C19H18N2O4. The lowest BCUT2D eigenvalue weighted by Gasteiger charge is -2.27. The first-order chi connectivity index (χ1) is 12.1. The monoisotopic (exact) mass is 338 g/mol. The summed E-state index contributed by atoms with van der Waals surface area (Å²) in [6.07, 6.45) is 0.887. The lowest BCUT2D eigenvalue weighted by Crippen LogP contribution is -2.41. The van der Waals surface area contributed by atoms with Crippen molar-refractivity contribution in [1.82, 2.24) is 0 Å². The van der Waals surface area contributed by atoms with E-state index in [1.807, 2.05) is 13.0 Å². The number of amides is 2. The smallest absolute Gasteiger partial charge is 0.265 e. The average molecular weight is 338 g/mol. The fourth-order valence-corrected chi connectivity index (χ4v) is 2.89. The van der Waals surface area contributed by atoms with Crippen LogP contribution >= 0.6 is 0 Å². The molecule has 1 N–H and O–H groups in total. The van der Waals surface area contributed by atoms with Crippen molar-refractivity contribution < 1.29 is 19.1 Å². The van der Waals surface area contributed by atoms with Gasteiger partial charge in [0.1, 0.15) is 5.75 Å². The second-order valence-electron chi connectivity index (χ2n) is 5.83. The fraction of sp³-hybridized carbons (Fsp3) is 0.211. The molecule has 1 aliphatic heterocycles. The lowest BCUT2D eigenvalue weighted by atomic mass is 10.1. The van der Waals surface area contributed by atoms with Crippen molar-refractivity contribution in [2.24, 2.45) is 0 Å². The van der Waals surface area contributed by atoms with Crippen LogP contribution in [0.25, 0.3) is 0 Å². The quantitative estimate of drug-likeness (QED) is 0.870. The Bertz CT molecular complexity index is 819. The highest BCUT2D eigenvalue weighted by atomic mass is 16.5. The minimum absolute atomic E-state index is 0.137. The molecule has 0 aromatic heterocycles. The molecule has 3 rings (SSSR count). The van der Waals surface area contributed by atoms with Gasteiger partial charge in [0.05, 0.1) is 16.9 Å². The standard InChI is InChI=1S/C19H18N2O4/c1-13-10-18(23)20-15-7-3-4-8-16(15)21(13)19(24)12-25-17-9-5-2-6-14(17)11-22/h2-9,11,13H,10,12H2,1H3,(H,20,23)/t13-/m0/s1. The van der Waals surface area contributed by atoms with E-state index >= 15 is 0 Å². The normalized spacial score (nSPS) is 16.4. The second-order valence-corrected chi connectivity index (χ2v) is 5.83. The fourth-order valence-electron chi connectivity index (χ4n) is 2.89. The van der Waals surface area contributed by atoms with Crippen LogP contribution in [-0.2, 0) is 9.59 Å². The highest BCUT2D eigenvalue weighted by molar-refractivity contribution is 6.04. The Morgan fingerprint density at radius 3 is 2.76 bits per heavy atom. The number of fused-ring (bicyclic) bond motifs is 1. The predicted octanol–water partition coefficient (Wildman–Crippen LogP) is 2.64. The minimum atomic E-state index is -0.305. The van der Waals surface area contributed by atoms with Crippen LogP contribution in [0.15, 0.2) is 48.5 Å². The SMILES string of the molecule is C[C@H]1CC(=O)Nc2ccccc2N1C(=O)COc1ccccc1C=O. The van der Waals surface area contributed by atoms with Gasteiger partial charge in [0.2, 0.25) is 5.91 Å². The van der Waals surface area contributed by atoms with Crippen LogP contribution in [0.3, 0.4) is 0 Å². The number of hydrogen-bond donors (Lipinski definition) is 1. The maximum absolute atomic E-state index is 12.8. The van der Waals surface area contributed by atoms with Gasteiger partial charge in [-0.1, -0.05) is 24.3 Å². The summed E-state index contributed by atoms with van der Waals surface area (Å²) >= 11 is 0. The second kappa shape index (κ2) is 7.17. The Balaban J connectivity index is 1.83. The zero-order chi connectivity index (χ0) is 17.8. The molecule has 25 heavy (non-hydrogen) atoms. The number of carbonyl (C=O) groups is 3. The van der Waals surface area contributed by atoms with E-state index in [9.17, 15) is 14.4 Å². The summed E-state index contributed by atoms with van der Waals surface area (Å²) in [5.41, 5.74) is 1.62. The van der Waals surface area contributed by atoms with Crippen LogP contribution in [0.5, 0.6) is 5.75 Å². The third-order valence-corrected chi connectivity index (χ3v) is 4.03. The molecule has 0 unspecified atom stereocenters.